The number of carboxylic acid groups (broad SMARTS) is 1. The molecule has 1 aliphatic rings. The molecule has 4 rings (SSSR count). The molecule has 3 atom stereocenters. The van der Waals surface area contributed by atoms with Crippen LogP contribution in [0, 0.1) is 11.6 Å². The fraction of sp³-hybridized carbons (Fsp3) is 0.346. The third-order valence-electron chi connectivity index (χ3n) is 6.48. The van der Waals surface area contributed by atoms with Crippen molar-refractivity contribution in [2.24, 2.45) is 0 Å². The highest BCUT2D eigenvalue weighted by Crippen LogP contribution is 2.39. The molecule has 3 aromatic rings. The summed E-state index contributed by atoms with van der Waals surface area (Å²) in [6.07, 6.45) is -1.43. The molecule has 0 saturated heterocycles. The molecule has 0 radical (unpaired) electrons. The van der Waals surface area contributed by atoms with Crippen molar-refractivity contribution in [3.63, 3.8) is 0 Å². The topological polar surface area (TPSA) is 122 Å². The van der Waals surface area contributed by atoms with Gasteiger partial charge in [-0.3, -0.25) is 9.52 Å². The van der Waals surface area contributed by atoms with Crippen molar-refractivity contribution in [2.75, 3.05) is 18.8 Å². The van der Waals surface area contributed by atoms with Crippen molar-refractivity contribution < 1.29 is 45.0 Å². The van der Waals surface area contributed by atoms with E-state index in [2.05, 4.69) is 14.7 Å². The third kappa shape index (κ3) is 8.10. The highest BCUT2D eigenvalue weighted by molar-refractivity contribution is 7.92. The van der Waals surface area contributed by atoms with Crippen LogP contribution in [0.2, 0.25) is 0 Å². The van der Waals surface area contributed by atoms with Gasteiger partial charge in [0.1, 0.15) is 29.0 Å². The van der Waals surface area contributed by atoms with Crippen molar-refractivity contribution in [2.45, 2.75) is 48.4 Å². The number of aromatic nitrogens is 2. The minimum Gasteiger partial charge on any atom is -0.486 e. The average molecular weight is 603 g/mol. The predicted octanol–water partition coefficient (Wildman–Crippen LogP) is 4.92. The van der Waals surface area contributed by atoms with Crippen LogP contribution in [0.3, 0.4) is 0 Å². The van der Waals surface area contributed by atoms with Crippen molar-refractivity contribution >= 4 is 22.3 Å². The first-order valence-corrected chi connectivity index (χ1v) is 13.6. The summed E-state index contributed by atoms with van der Waals surface area (Å²) in [6.45, 7) is -0.250. The Morgan fingerprint density at radius 1 is 1.10 bits per heavy atom. The number of carbonyl (C=O) groups is 1. The lowest BCUT2D eigenvalue weighted by molar-refractivity contribution is -0.137. The number of nitrogens with zero attached hydrogens (tertiary/aromatic N) is 3. The second-order valence-corrected chi connectivity index (χ2v) is 11.0. The van der Waals surface area contributed by atoms with E-state index in [4.69, 9.17) is 14.6 Å². The van der Waals surface area contributed by atoms with Gasteiger partial charge in [0.2, 0.25) is 0 Å². The lowest BCUT2D eigenvalue weighted by atomic mass is 9.79. The zero-order valence-electron chi connectivity index (χ0n) is 21.8. The lowest BCUT2D eigenvalue weighted by Crippen LogP contribution is -2.46. The quantitative estimate of drug-likeness (QED) is 0.289. The molecule has 15 heteroatoms. The monoisotopic (exact) mass is 602 g/mol. The van der Waals surface area contributed by atoms with E-state index in [-0.39, 0.29) is 24.2 Å². The maximum atomic E-state index is 15.0. The zero-order chi connectivity index (χ0) is 30.4. The molecule has 1 heterocycles. The summed E-state index contributed by atoms with van der Waals surface area (Å²) in [7, 11) is -0.962. The number of likely N-dealkylation sites (N-methyl/N-ethyl adjacent to an activating group) is 1. The summed E-state index contributed by atoms with van der Waals surface area (Å²) in [6, 6.07) is 7.32. The number of benzene rings is 2. The van der Waals surface area contributed by atoms with Gasteiger partial charge in [0, 0.05) is 24.4 Å². The Morgan fingerprint density at radius 3 is 2.41 bits per heavy atom. The van der Waals surface area contributed by atoms with Crippen LogP contribution in [0.4, 0.5) is 27.8 Å². The van der Waals surface area contributed by atoms with Gasteiger partial charge in [0.05, 0.1) is 5.56 Å². The van der Waals surface area contributed by atoms with E-state index >= 15 is 0 Å². The smallest absolute Gasteiger partial charge is 0.416 e. The molecule has 0 aliphatic heterocycles. The average Bonchev–Trinajstić information content (AvgIpc) is 2.91. The number of halogens is 5. The number of hydrogen-bond donors (Lipinski definition) is 2. The van der Waals surface area contributed by atoms with E-state index in [9.17, 15) is 30.4 Å². The molecule has 9 nitrogen and oxygen atoms in total. The number of ether oxygens (including phenoxy) is 1. The predicted molar refractivity (Wildman–Crippen MR) is 138 cm³/mol. The summed E-state index contributed by atoms with van der Waals surface area (Å²) in [5, 5.41) is 6.89. The van der Waals surface area contributed by atoms with E-state index in [0.29, 0.717) is 37.0 Å². The largest absolute Gasteiger partial charge is 0.486 e. The summed E-state index contributed by atoms with van der Waals surface area (Å²) < 4.78 is 102. The number of alkyl halides is 3. The fourth-order valence-corrected chi connectivity index (χ4v) is 5.67. The first-order chi connectivity index (χ1) is 19.3. The summed E-state index contributed by atoms with van der Waals surface area (Å²) in [5.74, 6) is -3.06. The summed E-state index contributed by atoms with van der Waals surface area (Å²) in [5.41, 5.74) is -0.176. The van der Waals surface area contributed by atoms with Crippen LogP contribution in [-0.4, -0.2) is 61.1 Å². The van der Waals surface area contributed by atoms with Crippen LogP contribution in [0.1, 0.15) is 36.3 Å². The fourth-order valence-electron chi connectivity index (χ4n) is 4.58. The molecule has 1 saturated carbocycles. The first-order valence-electron chi connectivity index (χ1n) is 12.1. The lowest BCUT2D eigenvalue weighted by Gasteiger charge is -2.40. The van der Waals surface area contributed by atoms with Crippen LogP contribution in [0.25, 0.3) is 0 Å². The van der Waals surface area contributed by atoms with Crippen LogP contribution in [0.5, 0.6) is 5.75 Å². The molecule has 1 aliphatic carbocycles. The number of nitrogens with one attached hydrogen (secondary N) is 1. The Bertz CT molecular complexity index is 1440. The minimum absolute atomic E-state index is 0.119. The van der Waals surface area contributed by atoms with E-state index < -0.39 is 50.1 Å². The first kappa shape index (κ1) is 31.7. The van der Waals surface area contributed by atoms with Gasteiger partial charge in [-0.05, 0) is 57.0 Å². The van der Waals surface area contributed by atoms with Gasteiger partial charge in [-0.15, -0.1) is 0 Å². The van der Waals surface area contributed by atoms with Gasteiger partial charge in [-0.1, -0.05) is 18.2 Å². The molecule has 1 fully saturated rings. The number of sulfonamides is 1. The Labute approximate surface area is 233 Å². The van der Waals surface area contributed by atoms with E-state index in [1.807, 2.05) is 4.90 Å². The molecule has 2 N–H and O–H groups in total. The van der Waals surface area contributed by atoms with Gasteiger partial charge in [0.25, 0.3) is 16.5 Å². The van der Waals surface area contributed by atoms with Gasteiger partial charge < -0.3 is 14.7 Å². The highest BCUT2D eigenvalue weighted by Gasteiger charge is 2.36. The summed E-state index contributed by atoms with van der Waals surface area (Å²) in [4.78, 5) is 16.6. The van der Waals surface area contributed by atoms with Gasteiger partial charge >= 0.3 is 6.18 Å². The molecule has 222 valence electrons. The van der Waals surface area contributed by atoms with E-state index in [1.165, 1.54) is 18.3 Å². The van der Waals surface area contributed by atoms with Crippen LogP contribution in [-0.2, 0) is 21.0 Å². The third-order valence-corrected chi connectivity index (χ3v) is 7.85. The molecule has 0 unspecified atom stereocenters. The molecule has 1 aromatic heterocycles. The number of rotatable bonds is 7. The summed E-state index contributed by atoms with van der Waals surface area (Å²) >= 11 is 0. The maximum Gasteiger partial charge on any atom is 0.416 e. The molecular weight excluding hydrogens is 575 g/mol. The molecular formula is C26H27F5N4O5S. The Kier molecular flexibility index (Phi) is 10.2. The molecule has 2 aromatic carbocycles. The minimum atomic E-state index is -4.49. The highest BCUT2D eigenvalue weighted by atomic mass is 32.2. The van der Waals surface area contributed by atoms with Crippen molar-refractivity contribution in [3.05, 3.63) is 77.8 Å². The van der Waals surface area contributed by atoms with Gasteiger partial charge in [-0.25, -0.2) is 27.2 Å². The van der Waals surface area contributed by atoms with Crippen LogP contribution >= 0.6 is 0 Å². The molecule has 0 bridgehead atoms. The van der Waals surface area contributed by atoms with Gasteiger partial charge in [-0.2, -0.15) is 13.2 Å². The van der Waals surface area contributed by atoms with Crippen molar-refractivity contribution in [1.29, 1.82) is 0 Å². The SMILES string of the molecule is CN(C)[C@H]1C[C@@H](c2cccc(C(F)(F)F)c2)CC[C@@H]1Oc1cc(F)c(S(=O)(=O)Nc2ccncn2)cc1F.O=CO. The van der Waals surface area contributed by atoms with Crippen LogP contribution in [0.15, 0.2) is 59.9 Å². The molecule has 0 spiro atoms. The van der Waals surface area contributed by atoms with Crippen LogP contribution < -0.4 is 9.46 Å². The standard InChI is InChI=1S/C25H25F5N4O3S.CH2O2/c1-34(2)20-11-16(15-4-3-5-17(10-15)25(28,29)30)6-7-21(20)37-22-12-19(27)23(13-18(22)26)38(35,36)33-24-8-9-31-14-32-24;2-1-3/h3-5,8-10,12-14,16,20-21H,6-7,11H2,1-2H3,(H,31,32,33);1H,(H,2,3)/t16-,20-,21-;/m0./s1. The Balaban J connectivity index is 0.00000147. The Morgan fingerprint density at radius 2 is 1.80 bits per heavy atom. The van der Waals surface area contributed by atoms with Gasteiger partial charge in [0.15, 0.2) is 11.6 Å². The van der Waals surface area contributed by atoms with E-state index in [0.717, 1.165) is 18.5 Å². The maximum absolute atomic E-state index is 15.0. The normalized spacial score (nSPS) is 19.2. The molecule has 41 heavy (non-hydrogen) atoms. The Hall–Kier alpha value is -3.85. The molecule has 0 amide bonds. The van der Waals surface area contributed by atoms with E-state index in [1.54, 1.807) is 20.2 Å². The van der Waals surface area contributed by atoms with Crippen molar-refractivity contribution in [1.82, 2.24) is 14.9 Å². The van der Waals surface area contributed by atoms with Crippen molar-refractivity contribution in [3.8, 4) is 5.75 Å². The zero-order valence-corrected chi connectivity index (χ0v) is 22.7. The second kappa shape index (κ2) is 13.2. The second-order valence-electron chi connectivity index (χ2n) is 9.34. The number of hydrogen-bond acceptors (Lipinski definition) is 7. The number of anilines is 1.